The number of anilines is 1. The molecule has 1 N–H and O–H groups in total. The van der Waals surface area contributed by atoms with Crippen molar-refractivity contribution < 1.29 is 13.9 Å². The normalized spacial score (nSPS) is 13.2. The zero-order valence-corrected chi connectivity index (χ0v) is 11.6. The van der Waals surface area contributed by atoms with E-state index in [-0.39, 0.29) is 18.1 Å². The quantitative estimate of drug-likeness (QED) is 0.939. The molecule has 1 heterocycles. The van der Waals surface area contributed by atoms with Crippen LogP contribution in [0.2, 0.25) is 0 Å². The number of rotatable bonds is 3. The predicted molar refractivity (Wildman–Crippen MR) is 79.0 cm³/mol. The van der Waals surface area contributed by atoms with Crippen molar-refractivity contribution in [3.63, 3.8) is 0 Å². The van der Waals surface area contributed by atoms with E-state index in [1.165, 1.54) is 12.1 Å². The Kier molecular flexibility index (Phi) is 3.86. The van der Waals surface area contributed by atoms with E-state index < -0.39 is 0 Å². The molecule has 21 heavy (non-hydrogen) atoms. The molecule has 3 rings (SSSR count). The first-order valence-corrected chi connectivity index (χ1v) is 7.01. The van der Waals surface area contributed by atoms with E-state index in [4.69, 9.17) is 4.74 Å². The minimum absolute atomic E-state index is 0.113. The van der Waals surface area contributed by atoms with Crippen molar-refractivity contribution in [1.82, 2.24) is 0 Å². The zero-order chi connectivity index (χ0) is 14.7. The average Bonchev–Trinajstić information content (AvgIpc) is 2.49. The third kappa shape index (κ3) is 3.40. The number of benzene rings is 2. The largest absolute Gasteiger partial charge is 0.493 e. The number of halogens is 1. The minimum Gasteiger partial charge on any atom is -0.493 e. The van der Waals surface area contributed by atoms with Crippen molar-refractivity contribution in [2.75, 3.05) is 11.9 Å². The standard InChI is InChI=1S/C17H16FNO2/c18-14-5-3-12(4-6-14)10-17(20)19-15-7-8-16-13(11-15)2-1-9-21-16/h3-8,11H,1-2,9-10H2,(H,19,20). The highest BCUT2D eigenvalue weighted by Crippen LogP contribution is 2.27. The fraction of sp³-hybridized carbons (Fsp3) is 0.235. The van der Waals surface area contributed by atoms with Gasteiger partial charge >= 0.3 is 0 Å². The van der Waals surface area contributed by atoms with E-state index in [1.807, 2.05) is 18.2 Å². The van der Waals surface area contributed by atoms with Crippen molar-refractivity contribution >= 4 is 11.6 Å². The number of aryl methyl sites for hydroxylation is 1. The first-order chi connectivity index (χ1) is 10.2. The summed E-state index contributed by atoms with van der Waals surface area (Å²) in [5.41, 5.74) is 2.68. The summed E-state index contributed by atoms with van der Waals surface area (Å²) in [7, 11) is 0. The molecule has 2 aromatic carbocycles. The summed E-state index contributed by atoms with van der Waals surface area (Å²) >= 11 is 0. The Labute approximate surface area is 122 Å². The fourth-order valence-electron chi connectivity index (χ4n) is 2.43. The van der Waals surface area contributed by atoms with Gasteiger partial charge in [0, 0.05) is 5.69 Å². The molecule has 2 aromatic rings. The van der Waals surface area contributed by atoms with Gasteiger partial charge in [-0.2, -0.15) is 0 Å². The number of carbonyl (C=O) groups is 1. The van der Waals surface area contributed by atoms with Crippen LogP contribution in [0, 0.1) is 5.82 Å². The fourth-order valence-corrected chi connectivity index (χ4v) is 2.43. The highest BCUT2D eigenvalue weighted by Gasteiger charge is 2.11. The molecule has 0 radical (unpaired) electrons. The van der Waals surface area contributed by atoms with Gasteiger partial charge in [-0.25, -0.2) is 4.39 Å². The Morgan fingerprint density at radius 3 is 2.81 bits per heavy atom. The Bertz CT molecular complexity index is 652. The highest BCUT2D eigenvalue weighted by atomic mass is 19.1. The van der Waals surface area contributed by atoms with Crippen LogP contribution >= 0.6 is 0 Å². The van der Waals surface area contributed by atoms with E-state index in [1.54, 1.807) is 12.1 Å². The monoisotopic (exact) mass is 285 g/mol. The maximum atomic E-state index is 12.8. The molecule has 0 atom stereocenters. The molecule has 4 heteroatoms. The molecule has 1 amide bonds. The smallest absolute Gasteiger partial charge is 0.228 e. The average molecular weight is 285 g/mol. The summed E-state index contributed by atoms with van der Waals surface area (Å²) in [5.74, 6) is 0.491. The Hall–Kier alpha value is -2.36. The summed E-state index contributed by atoms with van der Waals surface area (Å²) in [5, 5.41) is 2.87. The number of amides is 1. The molecular weight excluding hydrogens is 269 g/mol. The molecule has 0 aliphatic carbocycles. The lowest BCUT2D eigenvalue weighted by Crippen LogP contribution is -2.15. The van der Waals surface area contributed by atoms with Crippen LogP contribution in [-0.4, -0.2) is 12.5 Å². The second-order valence-corrected chi connectivity index (χ2v) is 5.13. The van der Waals surface area contributed by atoms with Crippen LogP contribution in [0.15, 0.2) is 42.5 Å². The van der Waals surface area contributed by atoms with Crippen molar-refractivity contribution in [3.05, 3.63) is 59.4 Å². The van der Waals surface area contributed by atoms with Gasteiger partial charge in [-0.3, -0.25) is 4.79 Å². The molecule has 0 aromatic heterocycles. The van der Waals surface area contributed by atoms with Crippen LogP contribution in [0.1, 0.15) is 17.5 Å². The maximum Gasteiger partial charge on any atom is 0.228 e. The molecule has 1 aliphatic rings. The van der Waals surface area contributed by atoms with Gasteiger partial charge in [0.25, 0.3) is 0 Å². The lowest BCUT2D eigenvalue weighted by atomic mass is 10.1. The van der Waals surface area contributed by atoms with E-state index in [2.05, 4.69) is 5.32 Å². The number of hydrogen-bond donors (Lipinski definition) is 1. The maximum absolute atomic E-state index is 12.8. The second kappa shape index (κ2) is 5.95. The molecule has 1 aliphatic heterocycles. The third-order valence-electron chi connectivity index (χ3n) is 3.47. The Balaban J connectivity index is 1.65. The van der Waals surface area contributed by atoms with Crippen LogP contribution in [0.4, 0.5) is 10.1 Å². The topological polar surface area (TPSA) is 38.3 Å². The van der Waals surface area contributed by atoms with Gasteiger partial charge in [0.1, 0.15) is 11.6 Å². The van der Waals surface area contributed by atoms with Gasteiger partial charge in [-0.1, -0.05) is 12.1 Å². The van der Waals surface area contributed by atoms with Gasteiger partial charge in [0.2, 0.25) is 5.91 Å². The van der Waals surface area contributed by atoms with Gasteiger partial charge in [-0.05, 0) is 54.3 Å². The Morgan fingerprint density at radius 2 is 2.00 bits per heavy atom. The van der Waals surface area contributed by atoms with Crippen LogP contribution in [0.5, 0.6) is 5.75 Å². The molecule has 0 fully saturated rings. The van der Waals surface area contributed by atoms with E-state index in [0.717, 1.165) is 42.0 Å². The first kappa shape index (κ1) is 13.6. The Morgan fingerprint density at radius 1 is 1.19 bits per heavy atom. The van der Waals surface area contributed by atoms with Crippen molar-refractivity contribution in [2.24, 2.45) is 0 Å². The minimum atomic E-state index is -0.297. The number of hydrogen-bond acceptors (Lipinski definition) is 2. The lowest BCUT2D eigenvalue weighted by molar-refractivity contribution is -0.115. The predicted octanol–water partition coefficient (Wildman–Crippen LogP) is 3.33. The molecule has 0 bridgehead atoms. The summed E-state index contributed by atoms with van der Waals surface area (Å²) < 4.78 is 18.4. The van der Waals surface area contributed by atoms with Gasteiger partial charge in [0.05, 0.1) is 13.0 Å². The van der Waals surface area contributed by atoms with Crippen LogP contribution in [0.25, 0.3) is 0 Å². The second-order valence-electron chi connectivity index (χ2n) is 5.13. The first-order valence-electron chi connectivity index (χ1n) is 7.01. The van der Waals surface area contributed by atoms with Crippen LogP contribution in [-0.2, 0) is 17.6 Å². The highest BCUT2D eigenvalue weighted by molar-refractivity contribution is 5.92. The molecule has 0 unspecified atom stereocenters. The van der Waals surface area contributed by atoms with Crippen molar-refractivity contribution in [3.8, 4) is 5.75 Å². The molecule has 3 nitrogen and oxygen atoms in total. The SMILES string of the molecule is O=C(Cc1ccc(F)cc1)Nc1ccc2c(c1)CCCO2. The van der Waals surface area contributed by atoms with Crippen molar-refractivity contribution in [2.45, 2.75) is 19.3 Å². The number of ether oxygens (including phenoxy) is 1. The number of nitrogens with one attached hydrogen (secondary N) is 1. The van der Waals surface area contributed by atoms with Gasteiger partial charge < -0.3 is 10.1 Å². The van der Waals surface area contributed by atoms with Gasteiger partial charge in [-0.15, -0.1) is 0 Å². The number of carbonyl (C=O) groups excluding carboxylic acids is 1. The molecular formula is C17H16FNO2. The summed E-state index contributed by atoms with van der Waals surface area (Å²) in [6.07, 6.45) is 2.20. The van der Waals surface area contributed by atoms with Crippen molar-refractivity contribution in [1.29, 1.82) is 0 Å². The number of fused-ring (bicyclic) bond motifs is 1. The molecule has 108 valence electrons. The van der Waals surface area contributed by atoms with Crippen LogP contribution in [0.3, 0.4) is 0 Å². The van der Waals surface area contributed by atoms with E-state index >= 15 is 0 Å². The van der Waals surface area contributed by atoms with E-state index in [0.29, 0.717) is 0 Å². The van der Waals surface area contributed by atoms with Crippen LogP contribution < -0.4 is 10.1 Å². The molecule has 0 saturated heterocycles. The zero-order valence-electron chi connectivity index (χ0n) is 11.6. The molecule has 0 saturated carbocycles. The lowest BCUT2D eigenvalue weighted by Gasteiger charge is -2.18. The molecule has 0 spiro atoms. The van der Waals surface area contributed by atoms with E-state index in [9.17, 15) is 9.18 Å². The summed E-state index contributed by atoms with van der Waals surface area (Å²) in [6.45, 7) is 0.753. The van der Waals surface area contributed by atoms with Gasteiger partial charge in [0.15, 0.2) is 0 Å². The summed E-state index contributed by atoms with van der Waals surface area (Å²) in [4.78, 5) is 12.0. The third-order valence-corrected chi connectivity index (χ3v) is 3.47. The summed E-state index contributed by atoms with van der Waals surface area (Å²) in [6, 6.07) is 11.6.